The molecule has 0 saturated heterocycles. The molecule has 0 radical (unpaired) electrons. The van der Waals surface area contributed by atoms with Crippen LogP contribution in [-0.2, 0) is 6.54 Å². The van der Waals surface area contributed by atoms with Gasteiger partial charge in [-0.2, -0.15) is 0 Å². The first-order valence-electron chi connectivity index (χ1n) is 5.01. The van der Waals surface area contributed by atoms with Gasteiger partial charge in [0.2, 0.25) is 5.88 Å². The van der Waals surface area contributed by atoms with Crippen molar-refractivity contribution in [2.24, 2.45) is 0 Å². The van der Waals surface area contributed by atoms with Crippen LogP contribution < -0.4 is 4.87 Å². The molecule has 0 fully saturated rings. The Morgan fingerprint density at radius 3 is 2.38 bits per heavy atom. The van der Waals surface area contributed by atoms with Crippen molar-refractivity contribution < 1.29 is 5.11 Å². The van der Waals surface area contributed by atoms with E-state index in [0.29, 0.717) is 6.54 Å². The van der Waals surface area contributed by atoms with Crippen molar-refractivity contribution in [1.29, 1.82) is 0 Å². The van der Waals surface area contributed by atoms with Crippen LogP contribution in [0.25, 0.3) is 0 Å². The Balaban J connectivity index is 2.37. The molecule has 0 aliphatic heterocycles. The predicted molar refractivity (Wildman–Crippen MR) is 65.3 cm³/mol. The SMILES string of the molecule is Cc1cc(C)cc(Cn2c(O)csc2=O)c1. The maximum atomic E-state index is 11.4. The van der Waals surface area contributed by atoms with Gasteiger partial charge >= 0.3 is 4.87 Å². The molecular formula is C12H13NO2S. The van der Waals surface area contributed by atoms with Crippen molar-refractivity contribution in [3.05, 3.63) is 49.9 Å². The second-order valence-electron chi connectivity index (χ2n) is 3.94. The number of aromatic hydroxyl groups is 1. The predicted octanol–water partition coefficient (Wildman–Crippen LogP) is 2.28. The quantitative estimate of drug-likeness (QED) is 0.867. The average molecular weight is 235 g/mol. The van der Waals surface area contributed by atoms with Crippen LogP contribution in [0, 0.1) is 13.8 Å². The van der Waals surface area contributed by atoms with Crippen LogP contribution >= 0.6 is 11.3 Å². The zero-order chi connectivity index (χ0) is 11.7. The highest BCUT2D eigenvalue weighted by atomic mass is 32.1. The highest BCUT2D eigenvalue weighted by Crippen LogP contribution is 2.14. The Bertz CT molecular complexity index is 548. The molecule has 0 aliphatic rings. The molecule has 0 unspecified atom stereocenters. The van der Waals surface area contributed by atoms with E-state index in [1.54, 1.807) is 0 Å². The molecule has 1 aromatic carbocycles. The van der Waals surface area contributed by atoms with Crippen molar-refractivity contribution >= 4 is 11.3 Å². The summed E-state index contributed by atoms with van der Waals surface area (Å²) in [5.74, 6) is 0.0363. The minimum Gasteiger partial charge on any atom is -0.494 e. The fraction of sp³-hybridized carbons (Fsp3) is 0.250. The molecule has 0 aliphatic carbocycles. The summed E-state index contributed by atoms with van der Waals surface area (Å²) in [6.45, 7) is 4.47. The standard InChI is InChI=1S/C12H13NO2S/c1-8-3-9(2)5-10(4-8)6-13-11(14)7-16-12(13)15/h3-5,7,14H,6H2,1-2H3. The summed E-state index contributed by atoms with van der Waals surface area (Å²) in [7, 11) is 0. The van der Waals surface area contributed by atoms with Gasteiger partial charge in [-0.05, 0) is 19.4 Å². The van der Waals surface area contributed by atoms with Crippen molar-refractivity contribution in [3.63, 3.8) is 0 Å². The molecule has 0 bridgehead atoms. The molecule has 3 nitrogen and oxygen atoms in total. The minimum atomic E-state index is -0.128. The van der Waals surface area contributed by atoms with E-state index in [-0.39, 0.29) is 10.8 Å². The molecular weight excluding hydrogens is 222 g/mol. The molecule has 1 heterocycles. The second-order valence-corrected chi connectivity index (χ2v) is 4.76. The third-order valence-electron chi connectivity index (χ3n) is 2.38. The van der Waals surface area contributed by atoms with Gasteiger partial charge in [-0.15, -0.1) is 0 Å². The first kappa shape index (κ1) is 11.0. The van der Waals surface area contributed by atoms with Gasteiger partial charge in [-0.1, -0.05) is 40.7 Å². The van der Waals surface area contributed by atoms with Gasteiger partial charge in [-0.25, -0.2) is 0 Å². The monoisotopic (exact) mass is 235 g/mol. The lowest BCUT2D eigenvalue weighted by Gasteiger charge is -2.06. The van der Waals surface area contributed by atoms with Gasteiger partial charge in [0.25, 0.3) is 0 Å². The maximum Gasteiger partial charge on any atom is 0.310 e. The van der Waals surface area contributed by atoms with Gasteiger partial charge in [0.15, 0.2) is 0 Å². The smallest absolute Gasteiger partial charge is 0.310 e. The van der Waals surface area contributed by atoms with E-state index in [4.69, 9.17) is 0 Å². The molecule has 0 saturated carbocycles. The molecule has 2 aromatic rings. The lowest BCUT2D eigenvalue weighted by atomic mass is 10.1. The largest absolute Gasteiger partial charge is 0.494 e. The van der Waals surface area contributed by atoms with Gasteiger partial charge in [0.1, 0.15) is 0 Å². The molecule has 16 heavy (non-hydrogen) atoms. The molecule has 84 valence electrons. The molecule has 2 rings (SSSR count). The van der Waals surface area contributed by atoms with Crippen LogP contribution in [-0.4, -0.2) is 9.67 Å². The van der Waals surface area contributed by atoms with Crippen molar-refractivity contribution in [2.75, 3.05) is 0 Å². The first-order chi connectivity index (χ1) is 7.56. The van der Waals surface area contributed by atoms with Crippen molar-refractivity contribution in [3.8, 4) is 5.88 Å². The van der Waals surface area contributed by atoms with Crippen LogP contribution in [0.2, 0.25) is 0 Å². The van der Waals surface area contributed by atoms with Crippen LogP contribution in [0.4, 0.5) is 0 Å². The fourth-order valence-corrected chi connectivity index (χ4v) is 2.43. The highest BCUT2D eigenvalue weighted by molar-refractivity contribution is 7.07. The van der Waals surface area contributed by atoms with Crippen LogP contribution in [0.1, 0.15) is 16.7 Å². The van der Waals surface area contributed by atoms with E-state index in [1.165, 1.54) is 9.95 Å². The summed E-state index contributed by atoms with van der Waals surface area (Å²) < 4.78 is 1.37. The summed E-state index contributed by atoms with van der Waals surface area (Å²) in [6, 6.07) is 6.13. The number of rotatable bonds is 2. The molecule has 1 aromatic heterocycles. The molecule has 0 amide bonds. The van der Waals surface area contributed by atoms with E-state index in [0.717, 1.165) is 28.0 Å². The van der Waals surface area contributed by atoms with E-state index >= 15 is 0 Å². The molecule has 1 N–H and O–H groups in total. The van der Waals surface area contributed by atoms with Crippen LogP contribution in [0.15, 0.2) is 28.4 Å². The summed E-state index contributed by atoms with van der Waals surface area (Å²) in [4.78, 5) is 11.3. The average Bonchev–Trinajstić information content (AvgIpc) is 2.48. The zero-order valence-electron chi connectivity index (χ0n) is 9.23. The van der Waals surface area contributed by atoms with Crippen molar-refractivity contribution in [1.82, 2.24) is 4.57 Å². The van der Waals surface area contributed by atoms with Crippen molar-refractivity contribution in [2.45, 2.75) is 20.4 Å². The number of hydrogen-bond donors (Lipinski definition) is 1. The number of thiazole rings is 1. The summed E-state index contributed by atoms with van der Waals surface area (Å²) in [5.41, 5.74) is 3.36. The van der Waals surface area contributed by atoms with Gasteiger partial charge in [0, 0.05) is 0 Å². The lowest BCUT2D eigenvalue weighted by Crippen LogP contribution is -2.13. The Morgan fingerprint density at radius 1 is 1.25 bits per heavy atom. The number of nitrogens with zero attached hydrogens (tertiary/aromatic N) is 1. The summed E-state index contributed by atoms with van der Waals surface area (Å²) >= 11 is 1.02. The molecule has 0 spiro atoms. The minimum absolute atomic E-state index is 0.0363. The molecule has 0 atom stereocenters. The summed E-state index contributed by atoms with van der Waals surface area (Å²) in [6.07, 6.45) is 0. The number of aromatic nitrogens is 1. The Labute approximate surface area is 97.6 Å². The number of hydrogen-bond acceptors (Lipinski definition) is 3. The summed E-state index contributed by atoms with van der Waals surface area (Å²) in [5, 5.41) is 11.0. The first-order valence-corrected chi connectivity index (χ1v) is 5.88. The Morgan fingerprint density at radius 2 is 1.88 bits per heavy atom. The highest BCUT2D eigenvalue weighted by Gasteiger charge is 2.06. The van der Waals surface area contributed by atoms with Gasteiger partial charge < -0.3 is 5.11 Å². The van der Waals surface area contributed by atoms with E-state index in [9.17, 15) is 9.90 Å². The van der Waals surface area contributed by atoms with Gasteiger partial charge in [-0.3, -0.25) is 9.36 Å². The number of aryl methyl sites for hydroxylation is 2. The Hall–Kier alpha value is -1.55. The third kappa shape index (κ3) is 2.17. The van der Waals surface area contributed by atoms with E-state index < -0.39 is 0 Å². The normalized spacial score (nSPS) is 10.6. The zero-order valence-corrected chi connectivity index (χ0v) is 10.0. The Kier molecular flexibility index (Phi) is 2.83. The molecule has 4 heteroatoms. The van der Waals surface area contributed by atoms with E-state index in [2.05, 4.69) is 6.07 Å². The lowest BCUT2D eigenvalue weighted by molar-refractivity contribution is 0.421. The number of benzene rings is 1. The second kappa shape index (κ2) is 4.14. The van der Waals surface area contributed by atoms with Crippen LogP contribution in [0.5, 0.6) is 5.88 Å². The van der Waals surface area contributed by atoms with Gasteiger partial charge in [0.05, 0.1) is 11.9 Å². The topological polar surface area (TPSA) is 42.2 Å². The maximum absolute atomic E-state index is 11.4. The fourth-order valence-electron chi connectivity index (χ4n) is 1.81. The van der Waals surface area contributed by atoms with E-state index in [1.807, 2.05) is 26.0 Å². The third-order valence-corrected chi connectivity index (χ3v) is 3.13. The van der Waals surface area contributed by atoms with Crippen LogP contribution in [0.3, 0.4) is 0 Å².